The van der Waals surface area contributed by atoms with Gasteiger partial charge in [-0.1, -0.05) is 57.9 Å². The Morgan fingerprint density at radius 3 is 2.21 bits per heavy atom. The zero-order chi connectivity index (χ0) is 14.3. The standard InChI is InChI=1S/C16H30O3/c1-2-3-4-5-6-9-12-15(17)13-10-7-8-11-14-16(18)19/h11,14-15,17H,2-10,12-13H2,1H3,(H,18,19). The first kappa shape index (κ1) is 18.2. The summed E-state index contributed by atoms with van der Waals surface area (Å²) < 4.78 is 0. The number of aliphatic hydroxyl groups excluding tert-OH is 1. The van der Waals surface area contributed by atoms with E-state index >= 15 is 0 Å². The van der Waals surface area contributed by atoms with Crippen LogP contribution in [0, 0.1) is 0 Å². The second kappa shape index (κ2) is 13.6. The van der Waals surface area contributed by atoms with Crippen LogP contribution in [0.15, 0.2) is 12.2 Å². The second-order valence-corrected chi connectivity index (χ2v) is 5.24. The van der Waals surface area contributed by atoms with E-state index in [-0.39, 0.29) is 6.10 Å². The molecule has 0 aromatic carbocycles. The molecule has 0 rings (SSSR count). The van der Waals surface area contributed by atoms with Crippen LogP contribution >= 0.6 is 0 Å². The topological polar surface area (TPSA) is 57.5 Å². The summed E-state index contributed by atoms with van der Waals surface area (Å²) in [6, 6.07) is 0. The van der Waals surface area contributed by atoms with Crippen LogP contribution in [0.3, 0.4) is 0 Å². The lowest BCUT2D eigenvalue weighted by molar-refractivity contribution is -0.131. The van der Waals surface area contributed by atoms with Gasteiger partial charge >= 0.3 is 5.97 Å². The van der Waals surface area contributed by atoms with Crippen LogP contribution in [-0.2, 0) is 4.79 Å². The molecule has 0 radical (unpaired) electrons. The summed E-state index contributed by atoms with van der Waals surface area (Å²) in [7, 11) is 0. The van der Waals surface area contributed by atoms with Gasteiger partial charge in [-0.3, -0.25) is 0 Å². The molecule has 0 heterocycles. The molecule has 3 nitrogen and oxygen atoms in total. The second-order valence-electron chi connectivity index (χ2n) is 5.24. The van der Waals surface area contributed by atoms with Gasteiger partial charge in [-0.05, 0) is 25.7 Å². The number of carboxylic acids is 1. The zero-order valence-electron chi connectivity index (χ0n) is 12.3. The van der Waals surface area contributed by atoms with Gasteiger partial charge in [0.2, 0.25) is 0 Å². The van der Waals surface area contributed by atoms with Crippen molar-refractivity contribution in [1.82, 2.24) is 0 Å². The van der Waals surface area contributed by atoms with Gasteiger partial charge in [0, 0.05) is 6.08 Å². The lowest BCUT2D eigenvalue weighted by Crippen LogP contribution is -2.05. The number of hydrogen-bond donors (Lipinski definition) is 2. The van der Waals surface area contributed by atoms with Crippen molar-refractivity contribution in [2.75, 3.05) is 0 Å². The summed E-state index contributed by atoms with van der Waals surface area (Å²) >= 11 is 0. The van der Waals surface area contributed by atoms with Crippen molar-refractivity contribution in [3.63, 3.8) is 0 Å². The van der Waals surface area contributed by atoms with Gasteiger partial charge in [-0.2, -0.15) is 0 Å². The van der Waals surface area contributed by atoms with Gasteiger partial charge in [-0.15, -0.1) is 0 Å². The molecule has 0 spiro atoms. The fraction of sp³-hybridized carbons (Fsp3) is 0.812. The molecular formula is C16H30O3. The van der Waals surface area contributed by atoms with E-state index in [9.17, 15) is 9.90 Å². The molecule has 0 aromatic heterocycles. The molecule has 0 bridgehead atoms. The van der Waals surface area contributed by atoms with E-state index in [1.165, 1.54) is 38.2 Å². The van der Waals surface area contributed by atoms with Gasteiger partial charge in [0.15, 0.2) is 0 Å². The van der Waals surface area contributed by atoms with Crippen LogP contribution in [-0.4, -0.2) is 22.3 Å². The van der Waals surface area contributed by atoms with E-state index < -0.39 is 5.97 Å². The minimum atomic E-state index is -0.886. The molecule has 3 heteroatoms. The predicted octanol–water partition coefficient (Wildman–Crippen LogP) is 4.30. The maximum Gasteiger partial charge on any atom is 0.327 e. The number of unbranched alkanes of at least 4 members (excludes halogenated alkanes) is 7. The number of aliphatic carboxylic acids is 1. The predicted molar refractivity (Wildman–Crippen MR) is 79.2 cm³/mol. The van der Waals surface area contributed by atoms with Crippen molar-refractivity contribution < 1.29 is 15.0 Å². The maximum atomic E-state index is 10.2. The zero-order valence-corrected chi connectivity index (χ0v) is 12.3. The molecule has 0 saturated heterocycles. The van der Waals surface area contributed by atoms with Crippen molar-refractivity contribution >= 4 is 5.97 Å². The third-order valence-electron chi connectivity index (χ3n) is 3.31. The largest absolute Gasteiger partial charge is 0.478 e. The van der Waals surface area contributed by atoms with Crippen LogP contribution in [0.25, 0.3) is 0 Å². The average molecular weight is 270 g/mol. The van der Waals surface area contributed by atoms with Crippen LogP contribution in [0.1, 0.15) is 77.6 Å². The smallest absolute Gasteiger partial charge is 0.327 e. The van der Waals surface area contributed by atoms with Crippen molar-refractivity contribution in [2.24, 2.45) is 0 Å². The minimum Gasteiger partial charge on any atom is -0.478 e. The average Bonchev–Trinajstić information content (AvgIpc) is 2.37. The monoisotopic (exact) mass is 270 g/mol. The van der Waals surface area contributed by atoms with Crippen molar-refractivity contribution in [3.8, 4) is 0 Å². The third kappa shape index (κ3) is 15.1. The van der Waals surface area contributed by atoms with E-state index in [0.717, 1.165) is 38.5 Å². The molecule has 0 aromatic rings. The summed E-state index contributed by atoms with van der Waals surface area (Å²) in [5.41, 5.74) is 0. The van der Waals surface area contributed by atoms with Gasteiger partial charge in [0.1, 0.15) is 0 Å². The molecule has 0 fully saturated rings. The Bertz CT molecular complexity index is 236. The van der Waals surface area contributed by atoms with Crippen molar-refractivity contribution in [3.05, 3.63) is 12.2 Å². The van der Waals surface area contributed by atoms with Crippen molar-refractivity contribution in [1.29, 1.82) is 0 Å². The van der Waals surface area contributed by atoms with Crippen LogP contribution in [0.2, 0.25) is 0 Å². The van der Waals surface area contributed by atoms with E-state index in [1.54, 1.807) is 6.08 Å². The third-order valence-corrected chi connectivity index (χ3v) is 3.31. The van der Waals surface area contributed by atoms with E-state index in [1.807, 2.05) is 0 Å². The Balaban J connectivity index is 3.25. The minimum absolute atomic E-state index is 0.172. The summed E-state index contributed by atoms with van der Waals surface area (Å²) in [4.78, 5) is 10.2. The number of carboxylic acid groups (broad SMARTS) is 1. The van der Waals surface area contributed by atoms with Gasteiger partial charge < -0.3 is 10.2 Å². The highest BCUT2D eigenvalue weighted by Gasteiger charge is 2.03. The molecule has 0 amide bonds. The Kier molecular flexibility index (Phi) is 13.0. The fourth-order valence-electron chi connectivity index (χ4n) is 2.13. The van der Waals surface area contributed by atoms with Gasteiger partial charge in [0.05, 0.1) is 6.10 Å². The Morgan fingerprint density at radius 2 is 1.58 bits per heavy atom. The van der Waals surface area contributed by atoms with Crippen LogP contribution in [0.5, 0.6) is 0 Å². The highest BCUT2D eigenvalue weighted by Crippen LogP contribution is 2.12. The van der Waals surface area contributed by atoms with Gasteiger partial charge in [0.25, 0.3) is 0 Å². The molecule has 2 N–H and O–H groups in total. The van der Waals surface area contributed by atoms with E-state index in [4.69, 9.17) is 5.11 Å². The lowest BCUT2D eigenvalue weighted by Gasteiger charge is -2.09. The Labute approximate surface area is 117 Å². The van der Waals surface area contributed by atoms with E-state index in [2.05, 4.69) is 6.92 Å². The lowest BCUT2D eigenvalue weighted by atomic mass is 10.0. The van der Waals surface area contributed by atoms with Crippen LogP contribution in [0.4, 0.5) is 0 Å². The van der Waals surface area contributed by atoms with Gasteiger partial charge in [-0.25, -0.2) is 4.79 Å². The molecular weight excluding hydrogens is 240 g/mol. The maximum absolute atomic E-state index is 10.2. The number of carbonyl (C=O) groups is 1. The Morgan fingerprint density at radius 1 is 1.00 bits per heavy atom. The number of rotatable bonds is 13. The summed E-state index contributed by atoms with van der Waals surface area (Å²) in [6.07, 6.45) is 14.8. The van der Waals surface area contributed by atoms with E-state index in [0.29, 0.717) is 0 Å². The fourth-order valence-corrected chi connectivity index (χ4v) is 2.13. The highest BCUT2D eigenvalue weighted by molar-refractivity contribution is 5.79. The molecule has 0 aliphatic rings. The highest BCUT2D eigenvalue weighted by atomic mass is 16.4. The number of allylic oxidation sites excluding steroid dienone is 1. The molecule has 1 unspecified atom stereocenters. The number of aliphatic hydroxyl groups is 1. The molecule has 112 valence electrons. The Hall–Kier alpha value is -0.830. The number of hydrogen-bond acceptors (Lipinski definition) is 2. The van der Waals surface area contributed by atoms with Crippen LogP contribution < -0.4 is 0 Å². The van der Waals surface area contributed by atoms with Crippen molar-refractivity contribution in [2.45, 2.75) is 83.7 Å². The first-order chi connectivity index (χ1) is 9.16. The summed E-state index contributed by atoms with van der Waals surface area (Å²) in [6.45, 7) is 2.22. The molecule has 19 heavy (non-hydrogen) atoms. The first-order valence-electron chi connectivity index (χ1n) is 7.74. The SMILES string of the molecule is CCCCCCCCC(O)CCCCC=CC(=O)O. The summed E-state index contributed by atoms with van der Waals surface area (Å²) in [5.74, 6) is -0.886. The molecule has 0 aliphatic carbocycles. The summed E-state index contributed by atoms with van der Waals surface area (Å²) in [5, 5.41) is 18.2. The molecule has 1 atom stereocenters. The molecule has 0 saturated carbocycles. The quantitative estimate of drug-likeness (QED) is 0.387. The first-order valence-corrected chi connectivity index (χ1v) is 7.74. The normalized spacial score (nSPS) is 12.9. The molecule has 0 aliphatic heterocycles.